The van der Waals surface area contributed by atoms with Crippen molar-refractivity contribution in [3.8, 4) is 0 Å². The minimum absolute atomic E-state index is 0.0739. The summed E-state index contributed by atoms with van der Waals surface area (Å²) in [6.45, 7) is 3.18. The number of nitrogens with one attached hydrogen (secondary N) is 2. The third-order valence-electron chi connectivity index (χ3n) is 12.0. The van der Waals surface area contributed by atoms with Crippen LogP contribution in [0.4, 0.5) is 10.1 Å². The van der Waals surface area contributed by atoms with Crippen LogP contribution in [0.3, 0.4) is 0 Å². The van der Waals surface area contributed by atoms with Crippen molar-refractivity contribution >= 4 is 35.0 Å². The average Bonchev–Trinajstić information content (AvgIpc) is 3.12. The van der Waals surface area contributed by atoms with E-state index in [2.05, 4.69) is 39.8 Å². The second-order valence-corrected chi connectivity index (χ2v) is 15.6. The first-order valence-corrected chi connectivity index (χ1v) is 18.6. The topological polar surface area (TPSA) is 117 Å². The molecule has 1 unspecified atom stereocenters. The largest absolute Gasteiger partial charge is 0.378 e. The lowest BCUT2D eigenvalue weighted by Gasteiger charge is -2.46. The molecule has 2 N–H and O–H groups in total. The molecule has 1 saturated carbocycles. The Bertz CT molecular complexity index is 1860. The summed E-state index contributed by atoms with van der Waals surface area (Å²) >= 11 is 6.31. The fraction of sp³-hybridized carbons (Fsp3) is 0.513. The number of carbonyl (C=O) groups excluding carboxylic acids is 3. The Morgan fingerprint density at radius 1 is 0.941 bits per heavy atom. The van der Waals surface area contributed by atoms with Crippen molar-refractivity contribution in [3.05, 3.63) is 92.1 Å². The van der Waals surface area contributed by atoms with E-state index in [9.17, 15) is 19.2 Å². The van der Waals surface area contributed by atoms with Crippen LogP contribution in [0.5, 0.6) is 0 Å². The van der Waals surface area contributed by atoms with E-state index in [4.69, 9.17) is 11.6 Å². The number of rotatable bonds is 6. The van der Waals surface area contributed by atoms with E-state index in [1.807, 2.05) is 23.1 Å². The second kappa shape index (κ2) is 14.5. The van der Waals surface area contributed by atoms with Crippen LogP contribution in [-0.4, -0.2) is 76.6 Å². The molecule has 1 aliphatic carbocycles. The lowest BCUT2D eigenvalue weighted by Crippen LogP contribution is -2.44. The van der Waals surface area contributed by atoms with E-state index in [0.717, 1.165) is 76.7 Å². The van der Waals surface area contributed by atoms with Crippen molar-refractivity contribution < 1.29 is 18.8 Å². The van der Waals surface area contributed by atoms with Crippen molar-refractivity contribution in [2.75, 3.05) is 38.5 Å². The van der Waals surface area contributed by atoms with Gasteiger partial charge in [-0.1, -0.05) is 35.9 Å². The molecular weight excluding hydrogens is 671 g/mol. The molecule has 4 fully saturated rings. The van der Waals surface area contributed by atoms with Crippen LogP contribution in [0, 0.1) is 11.2 Å². The van der Waals surface area contributed by atoms with E-state index < -0.39 is 11.8 Å². The van der Waals surface area contributed by atoms with Gasteiger partial charge in [0.25, 0.3) is 11.5 Å². The van der Waals surface area contributed by atoms with Gasteiger partial charge in [0.05, 0.1) is 17.8 Å². The summed E-state index contributed by atoms with van der Waals surface area (Å²) in [6, 6.07) is 13.4. The summed E-state index contributed by atoms with van der Waals surface area (Å²) in [6.07, 6.45) is 9.04. The van der Waals surface area contributed by atoms with Crippen LogP contribution in [-0.2, 0) is 16.6 Å². The van der Waals surface area contributed by atoms with E-state index in [1.54, 1.807) is 25.4 Å². The lowest BCUT2D eigenvalue weighted by molar-refractivity contribution is -0.134. The van der Waals surface area contributed by atoms with Crippen molar-refractivity contribution in [1.82, 2.24) is 24.9 Å². The molecule has 1 spiro atoms. The molecule has 270 valence electrons. The van der Waals surface area contributed by atoms with Crippen molar-refractivity contribution in [2.24, 2.45) is 12.5 Å². The van der Waals surface area contributed by atoms with Crippen LogP contribution in [0.2, 0.25) is 5.02 Å². The van der Waals surface area contributed by atoms with Gasteiger partial charge in [0.1, 0.15) is 10.8 Å². The highest BCUT2D eigenvalue weighted by atomic mass is 35.5. The van der Waals surface area contributed by atoms with E-state index in [0.29, 0.717) is 23.2 Å². The number of halogens is 2. The number of imide groups is 1. The Morgan fingerprint density at radius 2 is 1.65 bits per heavy atom. The Morgan fingerprint density at radius 3 is 2.33 bits per heavy atom. The molecule has 2 aromatic carbocycles. The first-order valence-electron chi connectivity index (χ1n) is 18.2. The molecule has 0 radical (unpaired) electrons. The molecule has 10 nitrogen and oxygen atoms in total. The minimum atomic E-state index is -0.620. The van der Waals surface area contributed by atoms with Crippen molar-refractivity contribution in [1.29, 1.82) is 0 Å². The first kappa shape index (κ1) is 35.3. The van der Waals surface area contributed by atoms with Crippen LogP contribution in [0.25, 0.3) is 0 Å². The van der Waals surface area contributed by atoms with Gasteiger partial charge in [0.15, 0.2) is 0 Å². The number of amides is 3. The standard InChI is InChI=1S/C39H46ClFN6O4/c1-45-22-28(19-29(23-45)43-33-21-42-46(2)38(51)35(33)40)24-3-5-26(6-4-24)37(50)47-17-15-39(16-18-47)13-11-25(12-14-39)27-7-8-30(32(41)20-27)31-9-10-34(48)44-36(31)49/h3-8,20-21,25,28-29,31,43H,9-19,22-23H2,1-2H3,(H,44,48,49)/t28-,29+,31?/m0/s1. The third-order valence-corrected chi connectivity index (χ3v) is 12.3. The molecule has 4 aliphatic rings. The first-order chi connectivity index (χ1) is 24.5. The zero-order chi connectivity index (χ0) is 35.9. The number of nitrogens with zero attached hydrogens (tertiary/aromatic N) is 4. The number of carbonyl (C=O) groups is 3. The Hall–Kier alpha value is -4.09. The van der Waals surface area contributed by atoms with Gasteiger partial charge in [-0.3, -0.25) is 24.5 Å². The van der Waals surface area contributed by atoms with Gasteiger partial charge in [-0.05, 0) is 105 Å². The minimum Gasteiger partial charge on any atom is -0.378 e. The van der Waals surface area contributed by atoms with E-state index >= 15 is 4.39 Å². The summed E-state index contributed by atoms with van der Waals surface area (Å²) in [7, 11) is 3.66. The number of likely N-dealkylation sites (tertiary alicyclic amines) is 2. The fourth-order valence-corrected chi connectivity index (χ4v) is 9.12. The molecule has 1 aromatic heterocycles. The molecule has 12 heteroatoms. The monoisotopic (exact) mass is 716 g/mol. The molecule has 7 rings (SSSR count). The molecule has 0 bridgehead atoms. The molecule has 3 aliphatic heterocycles. The number of anilines is 1. The smallest absolute Gasteiger partial charge is 0.287 e. The van der Waals surface area contributed by atoms with Crippen LogP contribution < -0.4 is 16.2 Å². The van der Waals surface area contributed by atoms with Crippen LogP contribution in [0.1, 0.15) is 103 Å². The highest BCUT2D eigenvalue weighted by Crippen LogP contribution is 2.49. The zero-order valence-electron chi connectivity index (χ0n) is 29.3. The maximum absolute atomic E-state index is 15.2. The third kappa shape index (κ3) is 7.46. The fourth-order valence-electron chi connectivity index (χ4n) is 8.90. The van der Waals surface area contributed by atoms with Gasteiger partial charge >= 0.3 is 0 Å². The zero-order valence-corrected chi connectivity index (χ0v) is 30.1. The summed E-state index contributed by atoms with van der Waals surface area (Å²) in [5.41, 5.74) is 3.66. The van der Waals surface area contributed by atoms with Gasteiger partial charge in [-0.15, -0.1) is 0 Å². The van der Waals surface area contributed by atoms with Crippen molar-refractivity contribution in [3.63, 3.8) is 0 Å². The second-order valence-electron chi connectivity index (χ2n) is 15.3. The average molecular weight is 717 g/mol. The normalized spacial score (nSPS) is 24.4. The predicted octanol–water partition coefficient (Wildman–Crippen LogP) is 5.57. The van der Waals surface area contributed by atoms with Gasteiger partial charge in [-0.2, -0.15) is 5.10 Å². The Labute approximate surface area is 302 Å². The Balaban J connectivity index is 0.911. The quantitative estimate of drug-likeness (QED) is 0.321. The summed E-state index contributed by atoms with van der Waals surface area (Å²) in [5, 5.41) is 10.0. The van der Waals surface area contributed by atoms with E-state index in [-0.39, 0.29) is 57.9 Å². The molecule has 51 heavy (non-hydrogen) atoms. The Kier molecular flexibility index (Phi) is 10.0. The number of aryl methyl sites for hydroxylation is 1. The molecule has 3 saturated heterocycles. The SMILES string of the molecule is CN1C[C@H](Nc2cnn(C)c(=O)c2Cl)C[C@H](c2ccc(C(=O)N3CCC4(CCC(c5ccc(C6CCC(=O)NC6=O)c(F)c5)CC4)CC3)cc2)C1. The van der Waals surface area contributed by atoms with Gasteiger partial charge < -0.3 is 15.1 Å². The number of aromatic nitrogens is 2. The number of hydrogen-bond acceptors (Lipinski definition) is 7. The highest BCUT2D eigenvalue weighted by Gasteiger charge is 2.40. The molecule has 4 heterocycles. The predicted molar refractivity (Wildman–Crippen MR) is 193 cm³/mol. The van der Waals surface area contributed by atoms with Gasteiger partial charge in [-0.25, -0.2) is 9.07 Å². The molecular formula is C39H46ClFN6O4. The van der Waals surface area contributed by atoms with Crippen LogP contribution in [0.15, 0.2) is 53.5 Å². The van der Waals surface area contributed by atoms with Crippen LogP contribution >= 0.6 is 11.6 Å². The summed E-state index contributed by atoms with van der Waals surface area (Å²) in [5.74, 6) is -1.10. The summed E-state index contributed by atoms with van der Waals surface area (Å²) < 4.78 is 16.4. The van der Waals surface area contributed by atoms with Crippen molar-refractivity contribution in [2.45, 2.75) is 81.6 Å². The van der Waals surface area contributed by atoms with E-state index in [1.165, 1.54) is 10.2 Å². The number of piperidine rings is 3. The highest BCUT2D eigenvalue weighted by molar-refractivity contribution is 6.32. The van der Waals surface area contributed by atoms with Gasteiger partial charge in [0, 0.05) is 56.8 Å². The number of likely N-dealkylation sites (N-methyl/N-ethyl adjacent to an activating group) is 1. The summed E-state index contributed by atoms with van der Waals surface area (Å²) in [4.78, 5) is 53.9. The maximum atomic E-state index is 15.2. The lowest BCUT2D eigenvalue weighted by atomic mass is 9.64. The molecule has 3 atom stereocenters. The number of benzene rings is 2. The molecule has 3 aromatic rings. The number of hydrogen-bond donors (Lipinski definition) is 2. The maximum Gasteiger partial charge on any atom is 0.287 e. The molecule has 3 amide bonds. The van der Waals surface area contributed by atoms with Gasteiger partial charge in [0.2, 0.25) is 11.8 Å².